The molecule has 4 aliphatic rings. The molecule has 0 aromatic rings. The number of carbonyl (C=O) groups is 1. The number of piperidine rings is 1. The smallest absolute Gasteiger partial charge is 0.222 e. The summed E-state index contributed by atoms with van der Waals surface area (Å²) in [5, 5.41) is 8.99. The average Bonchev–Trinajstić information content (AvgIpc) is 2.92. The first-order chi connectivity index (χ1) is 11.6. The first-order valence-electron chi connectivity index (χ1n) is 10.2. The summed E-state index contributed by atoms with van der Waals surface area (Å²) < 4.78 is 0. The van der Waals surface area contributed by atoms with E-state index in [1.165, 1.54) is 38.5 Å². The summed E-state index contributed by atoms with van der Waals surface area (Å²) in [6.45, 7) is 2.55. The van der Waals surface area contributed by atoms with Gasteiger partial charge in [-0.2, -0.15) is 5.26 Å². The highest BCUT2D eigenvalue weighted by atomic mass is 16.2. The third-order valence-corrected chi connectivity index (χ3v) is 8.72. The number of nitrogens with zero attached hydrogens (tertiary/aromatic N) is 2. The van der Waals surface area contributed by atoms with Crippen molar-refractivity contribution in [3.63, 3.8) is 0 Å². The van der Waals surface area contributed by atoms with Gasteiger partial charge in [0.1, 0.15) is 0 Å². The monoisotopic (exact) mass is 328 g/mol. The molecule has 4 rings (SSSR count). The van der Waals surface area contributed by atoms with Crippen LogP contribution >= 0.6 is 0 Å². The van der Waals surface area contributed by atoms with Gasteiger partial charge in [0.2, 0.25) is 5.91 Å². The van der Waals surface area contributed by atoms with Crippen molar-refractivity contribution >= 4 is 5.91 Å². The largest absolute Gasteiger partial charge is 0.342 e. The summed E-state index contributed by atoms with van der Waals surface area (Å²) in [6.07, 6.45) is 11.8. The number of amides is 1. The standard InChI is InChI=1S/C21H32N2O/c1-21-12-11-15-16(18(21)8-5-14(21)4-3-13-22)6-9-19-17(15)7-10-20(24)23(19)2/h14-19H,3-12H2,1-2H3/t14-,15-,16+,17+,18-,19+,21+/m0/s1. The van der Waals surface area contributed by atoms with Gasteiger partial charge in [0, 0.05) is 25.9 Å². The summed E-state index contributed by atoms with van der Waals surface area (Å²) >= 11 is 0. The minimum atomic E-state index is 0.368. The number of carbonyl (C=O) groups excluding carboxylic acids is 1. The van der Waals surface area contributed by atoms with Crippen LogP contribution in [0.5, 0.6) is 0 Å². The zero-order valence-corrected chi connectivity index (χ0v) is 15.3. The van der Waals surface area contributed by atoms with E-state index in [0.717, 1.165) is 55.3 Å². The molecule has 132 valence electrons. The molecule has 3 heteroatoms. The van der Waals surface area contributed by atoms with Crippen molar-refractivity contribution in [2.24, 2.45) is 35.0 Å². The second kappa shape index (κ2) is 6.04. The predicted molar refractivity (Wildman–Crippen MR) is 93.9 cm³/mol. The van der Waals surface area contributed by atoms with Crippen LogP contribution in [0, 0.1) is 46.3 Å². The van der Waals surface area contributed by atoms with Crippen molar-refractivity contribution in [3.05, 3.63) is 0 Å². The topological polar surface area (TPSA) is 44.1 Å². The summed E-state index contributed by atoms with van der Waals surface area (Å²) in [7, 11) is 2.04. The Balaban J connectivity index is 1.53. The average molecular weight is 329 g/mol. The van der Waals surface area contributed by atoms with Crippen molar-refractivity contribution in [3.8, 4) is 6.07 Å². The third-order valence-electron chi connectivity index (χ3n) is 8.72. The fourth-order valence-electron chi connectivity index (χ4n) is 7.49. The van der Waals surface area contributed by atoms with Crippen LogP contribution in [0.15, 0.2) is 0 Å². The minimum Gasteiger partial charge on any atom is -0.342 e. The van der Waals surface area contributed by atoms with Gasteiger partial charge in [-0.05, 0) is 86.4 Å². The highest BCUT2D eigenvalue weighted by molar-refractivity contribution is 5.77. The summed E-state index contributed by atoms with van der Waals surface area (Å²) in [5.41, 5.74) is 0.487. The van der Waals surface area contributed by atoms with E-state index in [1.807, 2.05) is 7.05 Å². The van der Waals surface area contributed by atoms with E-state index < -0.39 is 0 Å². The molecule has 1 saturated heterocycles. The Labute approximate surface area is 146 Å². The molecule has 0 aromatic heterocycles. The number of fused-ring (bicyclic) bond motifs is 5. The van der Waals surface area contributed by atoms with Gasteiger partial charge in [0.15, 0.2) is 0 Å². The lowest BCUT2D eigenvalue weighted by Gasteiger charge is -2.57. The van der Waals surface area contributed by atoms with Crippen LogP contribution in [-0.4, -0.2) is 23.9 Å². The number of hydrogen-bond acceptors (Lipinski definition) is 2. The molecule has 0 aromatic carbocycles. The molecule has 1 amide bonds. The van der Waals surface area contributed by atoms with Gasteiger partial charge in [-0.15, -0.1) is 0 Å². The van der Waals surface area contributed by atoms with Gasteiger partial charge in [-0.1, -0.05) is 6.92 Å². The molecule has 3 saturated carbocycles. The Morgan fingerprint density at radius 2 is 1.96 bits per heavy atom. The van der Waals surface area contributed by atoms with Gasteiger partial charge < -0.3 is 4.90 Å². The molecule has 7 atom stereocenters. The lowest BCUT2D eigenvalue weighted by Crippen LogP contribution is -2.55. The highest BCUT2D eigenvalue weighted by Crippen LogP contribution is 2.64. The number of nitriles is 1. The minimum absolute atomic E-state index is 0.368. The van der Waals surface area contributed by atoms with Crippen LogP contribution in [0.1, 0.15) is 71.1 Å². The molecule has 24 heavy (non-hydrogen) atoms. The highest BCUT2D eigenvalue weighted by Gasteiger charge is 2.57. The van der Waals surface area contributed by atoms with E-state index in [-0.39, 0.29) is 0 Å². The SMILES string of the molecule is CN1C(=O)CC[C@@H]2[C@H]3CC[C@]4(C)[C@@H](CCC#N)CC[C@H]4[C@@H]3CC[C@H]21. The van der Waals surface area contributed by atoms with E-state index in [1.54, 1.807) is 0 Å². The number of rotatable bonds is 2. The zero-order chi connectivity index (χ0) is 16.9. The van der Waals surface area contributed by atoms with Crippen molar-refractivity contribution in [1.82, 2.24) is 4.90 Å². The molecule has 0 unspecified atom stereocenters. The van der Waals surface area contributed by atoms with E-state index in [9.17, 15) is 4.79 Å². The third kappa shape index (κ3) is 2.32. The fourth-order valence-corrected chi connectivity index (χ4v) is 7.49. The molecule has 0 radical (unpaired) electrons. The van der Waals surface area contributed by atoms with Gasteiger partial charge >= 0.3 is 0 Å². The molecular weight excluding hydrogens is 296 g/mol. The normalized spacial score (nSPS) is 47.5. The predicted octanol–water partition coefficient (Wildman–Crippen LogP) is 4.38. The fraction of sp³-hybridized carbons (Fsp3) is 0.905. The maximum absolute atomic E-state index is 12.1. The first kappa shape index (κ1) is 16.4. The number of likely N-dealkylation sites (tertiary alicyclic amines) is 1. The van der Waals surface area contributed by atoms with Gasteiger partial charge in [0.05, 0.1) is 6.07 Å². The van der Waals surface area contributed by atoms with Crippen LogP contribution in [0.25, 0.3) is 0 Å². The summed E-state index contributed by atoms with van der Waals surface area (Å²) in [4.78, 5) is 14.2. The maximum Gasteiger partial charge on any atom is 0.222 e. The van der Waals surface area contributed by atoms with Crippen molar-refractivity contribution < 1.29 is 4.79 Å². The Kier molecular flexibility index (Phi) is 4.14. The molecule has 0 spiro atoms. The van der Waals surface area contributed by atoms with Gasteiger partial charge in [0.25, 0.3) is 0 Å². The molecule has 3 nitrogen and oxygen atoms in total. The van der Waals surface area contributed by atoms with Crippen molar-refractivity contribution in [2.75, 3.05) is 7.05 Å². The molecular formula is C21H32N2O. The molecule has 0 bridgehead atoms. The maximum atomic E-state index is 12.1. The second-order valence-electron chi connectivity index (χ2n) is 9.30. The summed E-state index contributed by atoms with van der Waals surface area (Å²) in [6, 6.07) is 2.89. The van der Waals surface area contributed by atoms with Crippen LogP contribution < -0.4 is 0 Å². The van der Waals surface area contributed by atoms with E-state index in [0.29, 0.717) is 17.4 Å². The zero-order valence-electron chi connectivity index (χ0n) is 15.3. The van der Waals surface area contributed by atoms with E-state index in [2.05, 4.69) is 17.9 Å². The molecule has 3 aliphatic carbocycles. The van der Waals surface area contributed by atoms with E-state index in [4.69, 9.17) is 5.26 Å². The Hall–Kier alpha value is -1.04. The Bertz CT molecular complexity index is 553. The quantitative estimate of drug-likeness (QED) is 0.755. The summed E-state index contributed by atoms with van der Waals surface area (Å²) in [5.74, 6) is 4.52. The van der Waals surface area contributed by atoms with Gasteiger partial charge in [-0.25, -0.2) is 0 Å². The molecule has 0 N–H and O–H groups in total. The second-order valence-corrected chi connectivity index (χ2v) is 9.30. The van der Waals surface area contributed by atoms with Crippen LogP contribution in [0.3, 0.4) is 0 Å². The van der Waals surface area contributed by atoms with Gasteiger partial charge in [-0.3, -0.25) is 4.79 Å². The number of hydrogen-bond donors (Lipinski definition) is 0. The van der Waals surface area contributed by atoms with Crippen LogP contribution in [0.4, 0.5) is 0 Å². The molecule has 1 heterocycles. The van der Waals surface area contributed by atoms with E-state index >= 15 is 0 Å². The lowest BCUT2D eigenvalue weighted by molar-refractivity contribution is -0.144. The van der Waals surface area contributed by atoms with Crippen LogP contribution in [-0.2, 0) is 4.79 Å². The molecule has 4 fully saturated rings. The van der Waals surface area contributed by atoms with Crippen LogP contribution in [0.2, 0.25) is 0 Å². The molecule has 1 aliphatic heterocycles. The van der Waals surface area contributed by atoms with Crippen molar-refractivity contribution in [1.29, 1.82) is 5.26 Å². The Morgan fingerprint density at radius 1 is 1.12 bits per heavy atom. The Morgan fingerprint density at radius 3 is 2.75 bits per heavy atom. The first-order valence-corrected chi connectivity index (χ1v) is 10.2. The lowest BCUT2D eigenvalue weighted by atomic mass is 9.51. The van der Waals surface area contributed by atoms with Crippen molar-refractivity contribution in [2.45, 2.75) is 77.2 Å².